The first kappa shape index (κ1) is 19.8. The summed E-state index contributed by atoms with van der Waals surface area (Å²) in [4.78, 5) is 12.5. The van der Waals surface area contributed by atoms with Crippen LogP contribution in [0.1, 0.15) is 52.5 Å². The summed E-state index contributed by atoms with van der Waals surface area (Å²) in [5, 5.41) is 2.89. The zero-order chi connectivity index (χ0) is 19.1. The zero-order valence-corrected chi connectivity index (χ0v) is 16.3. The maximum Gasteiger partial charge on any atom is 0.265 e. The molecule has 4 heteroatoms. The predicted molar refractivity (Wildman–Crippen MR) is 106 cm³/mol. The number of para-hydroxylation sites is 1. The van der Waals surface area contributed by atoms with Crippen molar-refractivity contribution in [3.8, 4) is 11.5 Å². The molecule has 1 N–H and O–H groups in total. The molecule has 0 heterocycles. The van der Waals surface area contributed by atoms with Crippen LogP contribution < -0.4 is 14.8 Å². The van der Waals surface area contributed by atoms with Gasteiger partial charge in [0.15, 0.2) is 6.10 Å². The number of rotatable bonds is 8. The number of hydrogen-bond acceptors (Lipinski definition) is 3. The van der Waals surface area contributed by atoms with Gasteiger partial charge in [0.05, 0.1) is 6.10 Å². The lowest BCUT2D eigenvalue weighted by molar-refractivity contribution is -0.122. The average molecular weight is 355 g/mol. The molecule has 2 aromatic carbocycles. The molecule has 0 saturated heterocycles. The van der Waals surface area contributed by atoms with E-state index in [4.69, 9.17) is 9.47 Å². The first-order valence-electron chi connectivity index (χ1n) is 9.23. The van der Waals surface area contributed by atoms with Gasteiger partial charge in [0, 0.05) is 5.69 Å². The molecule has 140 valence electrons. The lowest BCUT2D eigenvalue weighted by Crippen LogP contribution is -2.30. The highest BCUT2D eigenvalue weighted by Crippen LogP contribution is 2.29. The topological polar surface area (TPSA) is 47.6 Å². The number of carbonyl (C=O) groups is 1. The summed E-state index contributed by atoms with van der Waals surface area (Å²) >= 11 is 0. The quantitative estimate of drug-likeness (QED) is 0.690. The molecule has 0 bridgehead atoms. The van der Waals surface area contributed by atoms with Gasteiger partial charge in [0.1, 0.15) is 11.5 Å². The molecule has 0 spiro atoms. The molecule has 26 heavy (non-hydrogen) atoms. The van der Waals surface area contributed by atoms with Crippen molar-refractivity contribution in [1.82, 2.24) is 0 Å². The third kappa shape index (κ3) is 5.51. The second-order valence-corrected chi connectivity index (χ2v) is 6.79. The van der Waals surface area contributed by atoms with Gasteiger partial charge < -0.3 is 14.8 Å². The van der Waals surface area contributed by atoms with Gasteiger partial charge >= 0.3 is 0 Å². The molecule has 4 nitrogen and oxygen atoms in total. The largest absolute Gasteiger partial charge is 0.491 e. The van der Waals surface area contributed by atoms with Gasteiger partial charge in [-0.1, -0.05) is 32.0 Å². The highest BCUT2D eigenvalue weighted by atomic mass is 16.5. The first-order valence-corrected chi connectivity index (χ1v) is 9.23. The molecule has 0 radical (unpaired) electrons. The van der Waals surface area contributed by atoms with E-state index in [1.807, 2.05) is 56.3 Å². The maximum absolute atomic E-state index is 12.5. The fourth-order valence-electron chi connectivity index (χ4n) is 2.59. The lowest BCUT2D eigenvalue weighted by atomic mass is 9.98. The SMILES string of the molecule is CCC(C)c1ccccc1OC(C)C(=O)Nc1ccc(OC(C)C)cc1. The number of carbonyl (C=O) groups excluding carboxylic acids is 1. The van der Waals surface area contributed by atoms with Crippen LogP contribution in [-0.4, -0.2) is 18.1 Å². The van der Waals surface area contributed by atoms with E-state index in [1.54, 1.807) is 6.92 Å². The molecule has 0 aromatic heterocycles. The average Bonchev–Trinajstić information content (AvgIpc) is 2.62. The summed E-state index contributed by atoms with van der Waals surface area (Å²) in [6.07, 6.45) is 0.549. The zero-order valence-electron chi connectivity index (χ0n) is 16.3. The van der Waals surface area contributed by atoms with Crippen LogP contribution in [0, 0.1) is 0 Å². The Balaban J connectivity index is 2.00. The lowest BCUT2D eigenvalue weighted by Gasteiger charge is -2.19. The Morgan fingerprint density at radius 3 is 2.23 bits per heavy atom. The smallest absolute Gasteiger partial charge is 0.265 e. The van der Waals surface area contributed by atoms with Crippen molar-refractivity contribution in [2.24, 2.45) is 0 Å². The minimum Gasteiger partial charge on any atom is -0.491 e. The molecule has 2 unspecified atom stereocenters. The summed E-state index contributed by atoms with van der Waals surface area (Å²) in [5.41, 5.74) is 1.85. The number of ether oxygens (including phenoxy) is 2. The van der Waals surface area contributed by atoms with Gasteiger partial charge in [-0.3, -0.25) is 4.79 Å². The van der Waals surface area contributed by atoms with Crippen molar-refractivity contribution in [2.45, 2.75) is 59.2 Å². The van der Waals surface area contributed by atoms with E-state index < -0.39 is 6.10 Å². The molecule has 2 atom stereocenters. The van der Waals surface area contributed by atoms with Crippen LogP contribution in [0.5, 0.6) is 11.5 Å². The Labute approximate surface area is 156 Å². The highest BCUT2D eigenvalue weighted by Gasteiger charge is 2.18. The second-order valence-electron chi connectivity index (χ2n) is 6.79. The second kappa shape index (κ2) is 9.27. The Morgan fingerprint density at radius 2 is 1.62 bits per heavy atom. The van der Waals surface area contributed by atoms with Gasteiger partial charge in [-0.2, -0.15) is 0 Å². The van der Waals surface area contributed by atoms with Crippen molar-refractivity contribution in [3.05, 3.63) is 54.1 Å². The van der Waals surface area contributed by atoms with Crippen LogP contribution in [0.15, 0.2) is 48.5 Å². The highest BCUT2D eigenvalue weighted by molar-refractivity contribution is 5.94. The van der Waals surface area contributed by atoms with Crippen molar-refractivity contribution < 1.29 is 14.3 Å². The predicted octanol–water partition coefficient (Wildman–Crippen LogP) is 5.39. The van der Waals surface area contributed by atoms with E-state index >= 15 is 0 Å². The van der Waals surface area contributed by atoms with Gasteiger partial charge in [0.25, 0.3) is 5.91 Å². The number of benzene rings is 2. The molecular formula is C22H29NO3. The Hall–Kier alpha value is -2.49. The molecule has 0 aliphatic rings. The first-order chi connectivity index (χ1) is 12.4. The van der Waals surface area contributed by atoms with Gasteiger partial charge in [-0.15, -0.1) is 0 Å². The number of anilines is 1. The number of amides is 1. The van der Waals surface area contributed by atoms with Crippen LogP contribution in [0.4, 0.5) is 5.69 Å². The van der Waals surface area contributed by atoms with Crippen LogP contribution in [0.25, 0.3) is 0 Å². The van der Waals surface area contributed by atoms with E-state index in [0.29, 0.717) is 5.92 Å². The number of hydrogen-bond donors (Lipinski definition) is 1. The molecule has 2 rings (SSSR count). The minimum atomic E-state index is -0.591. The van der Waals surface area contributed by atoms with E-state index in [-0.39, 0.29) is 12.0 Å². The van der Waals surface area contributed by atoms with Crippen molar-refractivity contribution in [3.63, 3.8) is 0 Å². The monoisotopic (exact) mass is 355 g/mol. The molecule has 0 saturated carbocycles. The fourth-order valence-corrected chi connectivity index (χ4v) is 2.59. The molecule has 2 aromatic rings. The standard InChI is InChI=1S/C22H29NO3/c1-6-16(4)20-9-7-8-10-21(20)26-17(5)22(24)23-18-11-13-19(14-12-18)25-15(2)3/h7-17H,6H2,1-5H3,(H,23,24). The molecule has 0 fully saturated rings. The van der Waals surface area contributed by atoms with Gasteiger partial charge in [-0.25, -0.2) is 0 Å². The Morgan fingerprint density at radius 1 is 0.962 bits per heavy atom. The summed E-state index contributed by atoms with van der Waals surface area (Å²) in [6, 6.07) is 15.3. The van der Waals surface area contributed by atoms with Gasteiger partial charge in [-0.05, 0) is 69.0 Å². The molecular weight excluding hydrogens is 326 g/mol. The maximum atomic E-state index is 12.5. The van der Waals surface area contributed by atoms with Gasteiger partial charge in [0.2, 0.25) is 0 Å². The van der Waals surface area contributed by atoms with Crippen LogP contribution in [0.3, 0.4) is 0 Å². The normalized spacial score (nSPS) is 13.2. The summed E-state index contributed by atoms with van der Waals surface area (Å²) in [6.45, 7) is 10.0. The minimum absolute atomic E-state index is 0.120. The van der Waals surface area contributed by atoms with E-state index in [2.05, 4.69) is 25.2 Å². The van der Waals surface area contributed by atoms with Crippen molar-refractivity contribution in [1.29, 1.82) is 0 Å². The van der Waals surface area contributed by atoms with E-state index in [0.717, 1.165) is 29.2 Å². The molecule has 0 aliphatic heterocycles. The molecule has 1 amide bonds. The third-order valence-corrected chi connectivity index (χ3v) is 4.23. The van der Waals surface area contributed by atoms with Crippen molar-refractivity contribution in [2.75, 3.05) is 5.32 Å². The summed E-state index contributed by atoms with van der Waals surface area (Å²) in [7, 11) is 0. The Bertz CT molecular complexity index is 710. The van der Waals surface area contributed by atoms with E-state index in [9.17, 15) is 4.79 Å². The number of nitrogens with one attached hydrogen (secondary N) is 1. The van der Waals surface area contributed by atoms with Crippen LogP contribution in [0.2, 0.25) is 0 Å². The van der Waals surface area contributed by atoms with Crippen LogP contribution in [-0.2, 0) is 4.79 Å². The Kier molecular flexibility index (Phi) is 7.07. The fraction of sp³-hybridized carbons (Fsp3) is 0.409. The molecule has 0 aliphatic carbocycles. The third-order valence-electron chi connectivity index (χ3n) is 4.23. The van der Waals surface area contributed by atoms with E-state index in [1.165, 1.54) is 0 Å². The van der Waals surface area contributed by atoms with Crippen molar-refractivity contribution >= 4 is 11.6 Å². The summed E-state index contributed by atoms with van der Waals surface area (Å²) in [5.74, 6) is 1.76. The van der Waals surface area contributed by atoms with Crippen LogP contribution >= 0.6 is 0 Å². The summed E-state index contributed by atoms with van der Waals surface area (Å²) < 4.78 is 11.6.